The van der Waals surface area contributed by atoms with Crippen molar-refractivity contribution in [1.29, 1.82) is 0 Å². The zero-order valence-corrected chi connectivity index (χ0v) is 33.5. The van der Waals surface area contributed by atoms with Gasteiger partial charge in [-0.15, -0.1) is 0 Å². The molecule has 291 valence electrons. The predicted octanol–water partition coefficient (Wildman–Crippen LogP) is 9.57. The lowest BCUT2D eigenvalue weighted by Gasteiger charge is -2.27. The van der Waals surface area contributed by atoms with Gasteiger partial charge in [-0.2, -0.15) is 0 Å². The van der Waals surface area contributed by atoms with Gasteiger partial charge in [-0.1, -0.05) is 60.1 Å². The number of ether oxygens (including phenoxy) is 1. The van der Waals surface area contributed by atoms with Crippen LogP contribution in [0.15, 0.2) is 54.6 Å². The highest BCUT2D eigenvalue weighted by Crippen LogP contribution is 2.40. The van der Waals surface area contributed by atoms with Crippen LogP contribution >= 0.6 is 0 Å². The van der Waals surface area contributed by atoms with E-state index in [1.165, 1.54) is 67.0 Å². The predicted molar refractivity (Wildman–Crippen MR) is 220 cm³/mol. The monoisotopic (exact) mass is 739 g/mol. The first kappa shape index (κ1) is 44.2. The van der Waals surface area contributed by atoms with E-state index in [2.05, 4.69) is 51.8 Å². The summed E-state index contributed by atoms with van der Waals surface area (Å²) in [5, 5.41) is 21.6. The summed E-state index contributed by atoms with van der Waals surface area (Å²) in [5.74, 6) is 0.214. The Bertz CT molecular complexity index is 1760. The summed E-state index contributed by atoms with van der Waals surface area (Å²) in [6.45, 7) is 16.2. The van der Waals surface area contributed by atoms with Crippen molar-refractivity contribution in [3.63, 3.8) is 0 Å². The Labute approximate surface area is 324 Å². The molecule has 10 nitrogen and oxygen atoms in total. The average molecular weight is 740 g/mol. The highest BCUT2D eigenvalue weighted by atomic mass is 16.6. The Morgan fingerprint density at radius 3 is 1.78 bits per heavy atom. The molecule has 0 amide bonds. The molecule has 0 atom stereocenters. The lowest BCUT2D eigenvalue weighted by atomic mass is 9.79. The molecule has 11 heteroatoms. The largest absolute Gasteiger partial charge is 0.399 e. The van der Waals surface area contributed by atoms with Crippen molar-refractivity contribution in [2.75, 3.05) is 37.4 Å². The van der Waals surface area contributed by atoms with Crippen molar-refractivity contribution in [2.24, 2.45) is 0 Å². The first-order chi connectivity index (χ1) is 24.9. The van der Waals surface area contributed by atoms with E-state index in [0.29, 0.717) is 12.8 Å². The van der Waals surface area contributed by atoms with Crippen LogP contribution in [0.2, 0.25) is 0 Å². The fraction of sp³-hybridized carbons (Fsp3) is 0.558. The van der Waals surface area contributed by atoms with Crippen LogP contribution < -0.4 is 10.6 Å². The van der Waals surface area contributed by atoms with Crippen molar-refractivity contribution in [2.45, 2.75) is 128 Å². The van der Waals surface area contributed by atoms with E-state index in [0.717, 1.165) is 55.8 Å². The first-order valence-corrected chi connectivity index (χ1v) is 19.2. The molecule has 2 heterocycles. The van der Waals surface area contributed by atoms with E-state index < -0.39 is 0 Å². The van der Waals surface area contributed by atoms with Crippen molar-refractivity contribution >= 4 is 36.9 Å². The number of nitrogens with two attached hydrogens (primary N) is 1. The van der Waals surface area contributed by atoms with Crippen LogP contribution in [0.4, 0.5) is 22.7 Å². The summed E-state index contributed by atoms with van der Waals surface area (Å²) in [5.41, 5.74) is 14.3. The Morgan fingerprint density at radius 2 is 1.20 bits per heavy atom. The zero-order valence-electron chi connectivity index (χ0n) is 33.5. The lowest BCUT2D eigenvalue weighted by Crippen LogP contribution is -2.19. The maximum atomic E-state index is 11.6. The average Bonchev–Trinajstić information content (AvgIpc) is 3.59. The van der Waals surface area contributed by atoms with E-state index in [9.17, 15) is 25.0 Å². The zero-order chi connectivity index (χ0) is 39.0. The molecule has 0 aromatic heterocycles. The molecule has 7 rings (SSSR count). The van der Waals surface area contributed by atoms with Gasteiger partial charge in [0, 0.05) is 83.7 Å². The number of carbonyl (C=O) groups excluding carboxylic acids is 1. The van der Waals surface area contributed by atoms with Gasteiger partial charge < -0.3 is 15.4 Å². The summed E-state index contributed by atoms with van der Waals surface area (Å²) in [4.78, 5) is 34.8. The van der Waals surface area contributed by atoms with Gasteiger partial charge in [-0.25, -0.2) is 0 Å². The second-order valence-corrected chi connectivity index (χ2v) is 16.9. The van der Waals surface area contributed by atoms with Gasteiger partial charge in [0.1, 0.15) is 5.78 Å². The normalized spacial score (nSPS) is 18.9. The Hall–Kier alpha value is -4.25. The number of ketones is 1. The van der Waals surface area contributed by atoms with Crippen LogP contribution in [-0.2, 0) is 38.6 Å². The third-order valence-corrected chi connectivity index (χ3v) is 11.3. The molecule has 2 N–H and O–H groups in total. The second kappa shape index (κ2) is 18.9. The quantitative estimate of drug-likeness (QED) is 0.0901. The third-order valence-electron chi connectivity index (χ3n) is 11.3. The standard InChI is InChI=1S/C13H20N2.C13H15NO3.C13H17NO2.C4H8O.B/c1-13(2)7-4-8-15(3)12-6-5-10(14)9-11(12)13;1-13(2)6-5-11(15)7-9-3-4-10(14(16)17)8-12(9)13;1-13(2)8-4-3-5-10-6-7-11(14(15)16)9-12(10)13;1-2-4-5-3-1;/h5-6,9H,4,7-8,14H2,1-3H3;3-4,8H,5-7H2,1-2H3;6-7,9H,3-5,8H2,1-2H3;1-4H2;. The molecule has 0 unspecified atom stereocenters. The molecule has 2 aliphatic heterocycles. The van der Waals surface area contributed by atoms with E-state index in [1.807, 2.05) is 26.0 Å². The van der Waals surface area contributed by atoms with Crippen molar-refractivity contribution < 1.29 is 19.4 Å². The van der Waals surface area contributed by atoms with Gasteiger partial charge in [0.25, 0.3) is 11.4 Å². The second-order valence-electron chi connectivity index (χ2n) is 16.9. The Morgan fingerprint density at radius 1 is 0.667 bits per heavy atom. The summed E-state index contributed by atoms with van der Waals surface area (Å²) in [6, 6.07) is 16.4. The number of hydrogen-bond donors (Lipinski definition) is 1. The van der Waals surface area contributed by atoms with Gasteiger partial charge in [0.2, 0.25) is 0 Å². The lowest BCUT2D eigenvalue weighted by molar-refractivity contribution is -0.385. The summed E-state index contributed by atoms with van der Waals surface area (Å²) < 4.78 is 4.94. The Kier molecular flexibility index (Phi) is 15.4. The van der Waals surface area contributed by atoms with Crippen LogP contribution in [-0.4, -0.2) is 50.8 Å². The number of anilines is 2. The molecular weight excluding hydrogens is 679 g/mol. The van der Waals surface area contributed by atoms with Gasteiger partial charge in [-0.3, -0.25) is 25.0 Å². The van der Waals surface area contributed by atoms with E-state index in [-0.39, 0.29) is 51.7 Å². The highest BCUT2D eigenvalue weighted by Gasteiger charge is 2.31. The first-order valence-electron chi connectivity index (χ1n) is 19.2. The van der Waals surface area contributed by atoms with Crippen LogP contribution in [0.3, 0.4) is 0 Å². The Balaban J connectivity index is 0.000000202. The fourth-order valence-corrected chi connectivity index (χ4v) is 7.84. The number of benzene rings is 3. The van der Waals surface area contributed by atoms with Gasteiger partial charge in [-0.05, 0) is 114 Å². The molecule has 1 saturated heterocycles. The number of fused-ring (bicyclic) bond motifs is 3. The van der Waals surface area contributed by atoms with Gasteiger partial charge in [0.05, 0.1) is 9.85 Å². The number of hydrogen-bond acceptors (Lipinski definition) is 8. The molecule has 0 saturated carbocycles. The van der Waals surface area contributed by atoms with Crippen LogP contribution in [0, 0.1) is 20.2 Å². The van der Waals surface area contributed by atoms with Crippen LogP contribution in [0.5, 0.6) is 0 Å². The molecule has 54 heavy (non-hydrogen) atoms. The number of non-ortho nitro benzene ring substituents is 2. The minimum Gasteiger partial charge on any atom is -0.399 e. The molecular formula is C43H60BN4O6. The van der Waals surface area contributed by atoms with Gasteiger partial charge >= 0.3 is 0 Å². The molecule has 3 aromatic rings. The van der Waals surface area contributed by atoms with E-state index >= 15 is 0 Å². The van der Waals surface area contributed by atoms with Crippen LogP contribution in [0.25, 0.3) is 0 Å². The molecule has 0 spiro atoms. The fourth-order valence-electron chi connectivity index (χ4n) is 7.84. The third kappa shape index (κ3) is 11.6. The number of nitrogens with zero attached hydrogens (tertiary/aromatic N) is 3. The molecule has 2 aliphatic carbocycles. The minimum atomic E-state index is -0.386. The SMILES string of the molecule is C1CCOC1.CC1(C)CCC(=O)Cc2ccc([N+](=O)[O-])cc21.CC1(C)CCCCc2ccc([N+](=O)[O-])cc21.CN1CCCC(C)(C)c2cc(N)ccc21.[B]. The number of rotatable bonds is 2. The maximum Gasteiger partial charge on any atom is 0.269 e. The number of aryl methyl sites for hydroxylation is 1. The highest BCUT2D eigenvalue weighted by molar-refractivity contribution is 5.82. The summed E-state index contributed by atoms with van der Waals surface area (Å²) in [7, 11) is 2.16. The number of carbonyl (C=O) groups is 1. The molecule has 0 bridgehead atoms. The molecule has 3 radical (unpaired) electrons. The smallest absolute Gasteiger partial charge is 0.269 e. The van der Waals surface area contributed by atoms with Crippen LogP contribution in [0.1, 0.15) is 127 Å². The number of nitro benzene ring substituents is 2. The van der Waals surface area contributed by atoms with Crippen molar-refractivity contribution in [3.05, 3.63) is 103 Å². The number of nitro groups is 2. The molecule has 1 fully saturated rings. The van der Waals surface area contributed by atoms with Crippen molar-refractivity contribution in [3.8, 4) is 0 Å². The topological polar surface area (TPSA) is 142 Å². The van der Waals surface area contributed by atoms with E-state index in [1.54, 1.807) is 24.3 Å². The van der Waals surface area contributed by atoms with Crippen molar-refractivity contribution in [1.82, 2.24) is 0 Å². The van der Waals surface area contributed by atoms with E-state index in [4.69, 9.17) is 10.5 Å². The number of nitrogen functional groups attached to an aromatic ring is 1. The molecule has 3 aromatic carbocycles. The maximum absolute atomic E-state index is 11.6. The van der Waals surface area contributed by atoms with Gasteiger partial charge in [0.15, 0.2) is 0 Å². The number of Topliss-reactive ketones (excluding diaryl/α,β-unsaturated/α-hetero) is 1. The summed E-state index contributed by atoms with van der Waals surface area (Å²) >= 11 is 0. The summed E-state index contributed by atoms with van der Waals surface area (Å²) in [6.07, 6.45) is 11.3. The minimum absolute atomic E-state index is 0. The molecule has 4 aliphatic rings.